The van der Waals surface area contributed by atoms with Gasteiger partial charge in [0.2, 0.25) is 0 Å². The van der Waals surface area contributed by atoms with E-state index in [9.17, 15) is 4.79 Å². The Bertz CT molecular complexity index is 774. The van der Waals surface area contributed by atoms with Gasteiger partial charge < -0.3 is 4.98 Å². The van der Waals surface area contributed by atoms with Gasteiger partial charge in [0.15, 0.2) is 0 Å². The third kappa shape index (κ3) is 1.38. The van der Waals surface area contributed by atoms with Crippen molar-refractivity contribution in [3.8, 4) is 0 Å². The zero-order valence-electron chi connectivity index (χ0n) is 13.1. The number of aromatic nitrogens is 3. The second-order valence-electron chi connectivity index (χ2n) is 7.32. The molecule has 0 radical (unpaired) electrons. The molecule has 0 aliphatic heterocycles. The van der Waals surface area contributed by atoms with Gasteiger partial charge in [0, 0.05) is 12.1 Å². The Morgan fingerprint density at radius 2 is 2.05 bits per heavy atom. The molecule has 2 aromatic heterocycles. The van der Waals surface area contributed by atoms with Crippen LogP contribution in [0.5, 0.6) is 0 Å². The number of carbonyl (C=O) groups is 1. The Hall–Kier alpha value is -1.71. The van der Waals surface area contributed by atoms with E-state index in [4.69, 9.17) is 4.98 Å². The summed E-state index contributed by atoms with van der Waals surface area (Å²) in [6, 6.07) is 2.02. The van der Waals surface area contributed by atoms with Crippen molar-refractivity contribution in [3.05, 3.63) is 23.3 Å². The molecule has 21 heavy (non-hydrogen) atoms. The molecular weight excluding hydrogens is 262 g/mol. The van der Waals surface area contributed by atoms with E-state index in [0.29, 0.717) is 18.1 Å². The monoisotopic (exact) mass is 283 g/mol. The molecule has 2 fully saturated rings. The average Bonchev–Trinajstić information content (AvgIpc) is 2.97. The maximum absolute atomic E-state index is 12.7. The minimum Gasteiger partial charge on any atom is -0.341 e. The maximum Gasteiger partial charge on any atom is 0.147 e. The van der Waals surface area contributed by atoms with E-state index in [1.54, 1.807) is 0 Å². The lowest BCUT2D eigenvalue weighted by Gasteiger charge is -2.34. The number of H-pyrrole nitrogens is 1. The molecule has 2 aliphatic carbocycles. The molecule has 2 aliphatic rings. The number of aryl methyl sites for hydroxylation is 2. The van der Waals surface area contributed by atoms with Crippen LogP contribution in [-0.2, 0) is 10.2 Å². The molecule has 4 heteroatoms. The number of nitrogens with zero attached hydrogens (tertiary/aromatic N) is 2. The van der Waals surface area contributed by atoms with Crippen molar-refractivity contribution in [1.82, 2.24) is 15.0 Å². The fraction of sp³-hybridized carbons (Fsp3) is 0.588. The summed E-state index contributed by atoms with van der Waals surface area (Å²) in [4.78, 5) is 25.5. The normalized spacial score (nSPS) is 30.5. The Balaban J connectivity index is 1.98. The van der Waals surface area contributed by atoms with E-state index in [1.165, 1.54) is 0 Å². The van der Waals surface area contributed by atoms with E-state index in [1.807, 2.05) is 19.9 Å². The van der Waals surface area contributed by atoms with Gasteiger partial charge in [-0.05, 0) is 44.1 Å². The van der Waals surface area contributed by atoms with Crippen LogP contribution in [0.4, 0.5) is 0 Å². The molecule has 0 aromatic carbocycles. The number of pyridine rings is 1. The van der Waals surface area contributed by atoms with Gasteiger partial charge in [-0.1, -0.05) is 13.8 Å². The number of hydrogen-bond acceptors (Lipinski definition) is 3. The highest BCUT2D eigenvalue weighted by atomic mass is 16.1. The third-order valence-corrected chi connectivity index (χ3v) is 6.07. The largest absolute Gasteiger partial charge is 0.341 e. The molecular formula is C17H21N3O. The summed E-state index contributed by atoms with van der Waals surface area (Å²) in [7, 11) is 0. The predicted molar refractivity (Wildman–Crippen MR) is 81.2 cm³/mol. The van der Waals surface area contributed by atoms with E-state index >= 15 is 0 Å². The molecule has 110 valence electrons. The van der Waals surface area contributed by atoms with E-state index in [0.717, 1.165) is 41.1 Å². The molecule has 0 spiro atoms. The summed E-state index contributed by atoms with van der Waals surface area (Å²) in [6.45, 7) is 8.44. The minimum atomic E-state index is -0.420. The van der Waals surface area contributed by atoms with Crippen LogP contribution in [0.15, 0.2) is 6.07 Å². The van der Waals surface area contributed by atoms with Crippen molar-refractivity contribution in [1.29, 1.82) is 0 Å². The van der Waals surface area contributed by atoms with Crippen LogP contribution in [0.1, 0.15) is 50.3 Å². The molecule has 2 unspecified atom stereocenters. The lowest BCUT2D eigenvalue weighted by Crippen LogP contribution is -2.41. The molecule has 4 rings (SSSR count). The first-order chi connectivity index (χ1) is 9.86. The van der Waals surface area contributed by atoms with Gasteiger partial charge in [-0.25, -0.2) is 4.98 Å². The van der Waals surface area contributed by atoms with Crippen molar-refractivity contribution in [2.45, 2.75) is 52.4 Å². The van der Waals surface area contributed by atoms with Crippen LogP contribution in [-0.4, -0.2) is 20.7 Å². The summed E-state index contributed by atoms with van der Waals surface area (Å²) in [5.74, 6) is 1.73. The third-order valence-electron chi connectivity index (χ3n) is 6.07. The quantitative estimate of drug-likeness (QED) is 0.874. The Kier molecular flexibility index (Phi) is 2.31. The van der Waals surface area contributed by atoms with Crippen LogP contribution in [0, 0.1) is 25.2 Å². The lowest BCUT2D eigenvalue weighted by atomic mass is 9.68. The van der Waals surface area contributed by atoms with Gasteiger partial charge in [0.05, 0.1) is 16.6 Å². The van der Waals surface area contributed by atoms with E-state index < -0.39 is 5.41 Å². The summed E-state index contributed by atoms with van der Waals surface area (Å²) in [6.07, 6.45) is 2.77. The first-order valence-corrected chi connectivity index (χ1v) is 7.74. The van der Waals surface area contributed by atoms with Crippen LogP contribution >= 0.6 is 0 Å². The molecule has 2 atom stereocenters. The first-order valence-electron chi connectivity index (χ1n) is 7.74. The van der Waals surface area contributed by atoms with Crippen LogP contribution in [0.2, 0.25) is 0 Å². The number of rotatable bonds is 1. The fourth-order valence-electron chi connectivity index (χ4n) is 4.76. The first kappa shape index (κ1) is 13.0. The molecule has 2 heterocycles. The summed E-state index contributed by atoms with van der Waals surface area (Å²) in [5.41, 5.74) is 3.40. The van der Waals surface area contributed by atoms with E-state index in [-0.39, 0.29) is 5.41 Å². The summed E-state index contributed by atoms with van der Waals surface area (Å²) in [5, 5.41) is 0. The second-order valence-corrected chi connectivity index (χ2v) is 7.32. The summed E-state index contributed by atoms with van der Waals surface area (Å²) < 4.78 is 0. The zero-order chi connectivity index (χ0) is 15.0. The fourth-order valence-corrected chi connectivity index (χ4v) is 4.76. The second kappa shape index (κ2) is 3.73. The smallest absolute Gasteiger partial charge is 0.147 e. The molecule has 2 saturated carbocycles. The minimum absolute atomic E-state index is 0.00562. The Morgan fingerprint density at radius 3 is 2.67 bits per heavy atom. The van der Waals surface area contributed by atoms with Crippen molar-refractivity contribution >= 4 is 16.8 Å². The van der Waals surface area contributed by atoms with Gasteiger partial charge in [-0.3, -0.25) is 9.78 Å². The number of fused-ring (bicyclic) bond motifs is 3. The van der Waals surface area contributed by atoms with Crippen molar-refractivity contribution in [2.75, 3.05) is 0 Å². The molecule has 0 saturated heterocycles. The number of ketones is 1. The van der Waals surface area contributed by atoms with Gasteiger partial charge in [-0.2, -0.15) is 0 Å². The highest BCUT2D eigenvalue weighted by Crippen LogP contribution is 2.64. The number of hydrogen-bond donors (Lipinski definition) is 1. The SMILES string of the molecule is Cc1cc2[nH]c(C34CCC(CC3=O)C4(C)C)nc2c(C)n1. The Labute approximate surface area is 124 Å². The highest BCUT2D eigenvalue weighted by molar-refractivity contribution is 5.95. The predicted octanol–water partition coefficient (Wildman–Crippen LogP) is 3.22. The number of carbonyl (C=O) groups excluding carboxylic acids is 1. The van der Waals surface area contributed by atoms with Crippen LogP contribution in [0.25, 0.3) is 11.0 Å². The number of Topliss-reactive ketones (excluding diaryl/α,β-unsaturated/α-hetero) is 1. The van der Waals surface area contributed by atoms with Crippen molar-refractivity contribution < 1.29 is 4.79 Å². The zero-order valence-corrected chi connectivity index (χ0v) is 13.1. The topological polar surface area (TPSA) is 58.6 Å². The molecule has 2 bridgehead atoms. The van der Waals surface area contributed by atoms with Gasteiger partial charge in [0.1, 0.15) is 17.1 Å². The standard InChI is InChI=1S/C17H21N3O/c1-9-7-12-14(10(2)18-9)20-15(19-12)17-6-5-11(8-13(17)21)16(17,3)4/h7,11H,5-6,8H2,1-4H3,(H,19,20). The van der Waals surface area contributed by atoms with Crippen LogP contribution < -0.4 is 0 Å². The van der Waals surface area contributed by atoms with Gasteiger partial charge >= 0.3 is 0 Å². The average molecular weight is 283 g/mol. The molecule has 1 N–H and O–H groups in total. The number of imidazole rings is 1. The Morgan fingerprint density at radius 1 is 1.29 bits per heavy atom. The molecule has 4 nitrogen and oxygen atoms in total. The van der Waals surface area contributed by atoms with Crippen molar-refractivity contribution in [2.24, 2.45) is 11.3 Å². The number of aromatic amines is 1. The van der Waals surface area contributed by atoms with Gasteiger partial charge in [-0.15, -0.1) is 0 Å². The van der Waals surface area contributed by atoms with Gasteiger partial charge in [0.25, 0.3) is 0 Å². The molecule has 0 amide bonds. The van der Waals surface area contributed by atoms with Crippen LogP contribution in [0.3, 0.4) is 0 Å². The van der Waals surface area contributed by atoms with Crippen molar-refractivity contribution in [3.63, 3.8) is 0 Å². The highest BCUT2D eigenvalue weighted by Gasteiger charge is 2.66. The summed E-state index contributed by atoms with van der Waals surface area (Å²) >= 11 is 0. The number of nitrogens with one attached hydrogen (secondary N) is 1. The maximum atomic E-state index is 12.7. The molecule has 2 aromatic rings. The lowest BCUT2D eigenvalue weighted by molar-refractivity contribution is -0.124. The van der Waals surface area contributed by atoms with E-state index in [2.05, 4.69) is 23.8 Å².